The first-order chi connectivity index (χ1) is 21.6. The molecule has 2 nitrogen and oxygen atoms in total. The second kappa shape index (κ2) is 21.3. The van der Waals surface area contributed by atoms with Crippen LogP contribution in [-0.4, -0.2) is 4.70 Å². The van der Waals surface area contributed by atoms with Crippen LogP contribution in [-0.2, 0) is 12.8 Å². The zero-order chi connectivity index (χ0) is 31.4. The maximum atomic E-state index is 12.1. The molecule has 0 amide bonds. The number of rotatable bonds is 24. The molecular weight excluding hydrogens is 532 g/mol. The molecule has 1 heterocycles. The Hall–Kier alpha value is -2.48. The maximum absolute atomic E-state index is 12.1. The van der Waals surface area contributed by atoms with Crippen LogP contribution in [0.1, 0.15) is 178 Å². The van der Waals surface area contributed by atoms with Gasteiger partial charge in [-0.3, -0.25) is 0 Å². The van der Waals surface area contributed by atoms with Crippen LogP contribution in [0.3, 0.4) is 0 Å². The lowest BCUT2D eigenvalue weighted by Crippen LogP contribution is -2.03. The SMILES string of the molecule is CCCCCCCCCCCC1=C(c2cccc(CCCCCC)c2)[N+](=[N-])C(c2cccc(CCCC)c2)=C1CCCCC. The molecule has 3 rings (SSSR count). The van der Waals surface area contributed by atoms with Gasteiger partial charge in [-0.25, -0.2) is 4.70 Å². The van der Waals surface area contributed by atoms with E-state index in [2.05, 4.69) is 76.2 Å². The second-order valence-corrected chi connectivity index (χ2v) is 13.3. The molecule has 2 aromatic carbocycles. The molecule has 0 N–H and O–H groups in total. The normalized spacial score (nSPS) is 13.5. The van der Waals surface area contributed by atoms with Crippen molar-refractivity contribution in [2.45, 2.75) is 169 Å². The van der Waals surface area contributed by atoms with Gasteiger partial charge in [0.25, 0.3) is 0 Å². The van der Waals surface area contributed by atoms with Gasteiger partial charge in [-0.2, -0.15) is 0 Å². The van der Waals surface area contributed by atoms with Crippen LogP contribution in [0.15, 0.2) is 59.7 Å². The molecule has 0 aromatic heterocycles. The zero-order valence-corrected chi connectivity index (χ0v) is 29.1. The van der Waals surface area contributed by atoms with Crippen LogP contribution in [0.4, 0.5) is 0 Å². The lowest BCUT2D eigenvalue weighted by Gasteiger charge is -2.12. The summed E-state index contributed by atoms with van der Waals surface area (Å²) < 4.78 is 1.60. The summed E-state index contributed by atoms with van der Waals surface area (Å²) in [5.41, 5.74) is 22.1. The van der Waals surface area contributed by atoms with Gasteiger partial charge in [0.15, 0.2) is 0 Å². The molecule has 0 atom stereocenters. The highest BCUT2D eigenvalue weighted by molar-refractivity contribution is 5.82. The standard InChI is InChI=1S/C42H64N2/c1-5-9-13-15-16-17-18-19-22-32-40-39(31-20-11-7-3)41(37-29-23-27-35(33-37)25-12-8-4)44(43)42(40)38-30-24-28-36(34-38)26-21-14-10-6-2/h23-24,27-30,33-34H,5-22,25-26,31-32H2,1-4H3. The summed E-state index contributed by atoms with van der Waals surface area (Å²) in [6, 6.07) is 18.1. The highest BCUT2D eigenvalue weighted by Crippen LogP contribution is 2.45. The van der Waals surface area contributed by atoms with Crippen LogP contribution in [0.2, 0.25) is 0 Å². The second-order valence-electron chi connectivity index (χ2n) is 13.3. The Bertz CT molecular complexity index is 1180. The van der Waals surface area contributed by atoms with Crippen LogP contribution < -0.4 is 0 Å². The van der Waals surface area contributed by atoms with Crippen molar-refractivity contribution >= 4 is 11.4 Å². The van der Waals surface area contributed by atoms with E-state index in [4.69, 9.17) is 0 Å². The minimum absolute atomic E-state index is 1.03. The van der Waals surface area contributed by atoms with E-state index in [1.165, 1.54) is 149 Å². The molecule has 0 unspecified atom stereocenters. The molecule has 0 spiro atoms. The van der Waals surface area contributed by atoms with Gasteiger partial charge in [-0.1, -0.05) is 142 Å². The number of hydrogen-bond donors (Lipinski definition) is 0. The molecule has 1 aliphatic rings. The van der Waals surface area contributed by atoms with E-state index in [-0.39, 0.29) is 0 Å². The van der Waals surface area contributed by atoms with E-state index in [9.17, 15) is 5.53 Å². The number of nitrogens with zero attached hydrogens (tertiary/aromatic N) is 2. The highest BCUT2D eigenvalue weighted by Gasteiger charge is 2.35. The summed E-state index contributed by atoms with van der Waals surface area (Å²) in [5.74, 6) is 0. The summed E-state index contributed by atoms with van der Waals surface area (Å²) in [6.45, 7) is 9.12. The number of aryl methyl sites for hydroxylation is 2. The number of benzene rings is 2. The van der Waals surface area contributed by atoms with Crippen LogP contribution in [0, 0.1) is 0 Å². The van der Waals surface area contributed by atoms with Crippen LogP contribution in [0.25, 0.3) is 16.9 Å². The van der Waals surface area contributed by atoms with Gasteiger partial charge < -0.3 is 5.53 Å². The van der Waals surface area contributed by atoms with E-state index < -0.39 is 0 Å². The van der Waals surface area contributed by atoms with Gasteiger partial charge in [-0.15, -0.1) is 0 Å². The first kappa shape index (κ1) is 36.0. The number of allylic oxidation sites excluding steroid dienone is 2. The van der Waals surface area contributed by atoms with Crippen molar-refractivity contribution in [1.82, 2.24) is 0 Å². The minimum Gasteiger partial charge on any atom is -0.493 e. The highest BCUT2D eigenvalue weighted by atomic mass is 15.2. The van der Waals surface area contributed by atoms with Gasteiger partial charge in [0.1, 0.15) is 0 Å². The van der Waals surface area contributed by atoms with E-state index in [1.807, 2.05) is 0 Å². The molecule has 2 heteroatoms. The molecule has 0 saturated heterocycles. The van der Waals surface area contributed by atoms with Gasteiger partial charge in [0.2, 0.25) is 11.4 Å². The maximum Gasteiger partial charge on any atom is 0.211 e. The Labute approximate surface area is 271 Å². The van der Waals surface area contributed by atoms with E-state index in [0.717, 1.165) is 37.1 Å². The van der Waals surface area contributed by atoms with Gasteiger partial charge >= 0.3 is 0 Å². The topological polar surface area (TPSA) is 25.3 Å². The molecule has 242 valence electrons. The predicted octanol–water partition coefficient (Wildman–Crippen LogP) is 13.8. The largest absolute Gasteiger partial charge is 0.493 e. The Morgan fingerprint density at radius 1 is 0.432 bits per heavy atom. The predicted molar refractivity (Wildman–Crippen MR) is 193 cm³/mol. The summed E-state index contributed by atoms with van der Waals surface area (Å²) in [4.78, 5) is 0. The minimum atomic E-state index is 1.03. The van der Waals surface area contributed by atoms with Gasteiger partial charge in [0.05, 0.1) is 0 Å². The Morgan fingerprint density at radius 3 is 1.30 bits per heavy atom. The molecule has 0 bridgehead atoms. The van der Waals surface area contributed by atoms with Gasteiger partial charge in [-0.05, 0) is 86.8 Å². The quantitative estimate of drug-likeness (QED) is 0.0851. The van der Waals surface area contributed by atoms with Crippen LogP contribution in [0.5, 0.6) is 0 Å². The molecule has 0 saturated carbocycles. The van der Waals surface area contributed by atoms with Crippen molar-refractivity contribution in [1.29, 1.82) is 0 Å². The monoisotopic (exact) mass is 597 g/mol. The van der Waals surface area contributed by atoms with Crippen molar-refractivity contribution < 1.29 is 4.70 Å². The fraction of sp³-hybridized carbons (Fsp3) is 0.619. The Balaban J connectivity index is 1.92. The van der Waals surface area contributed by atoms with Crippen molar-refractivity contribution in [3.8, 4) is 0 Å². The van der Waals surface area contributed by atoms with E-state index >= 15 is 0 Å². The zero-order valence-electron chi connectivity index (χ0n) is 29.1. The molecule has 1 aliphatic heterocycles. The molecule has 44 heavy (non-hydrogen) atoms. The number of hydrogen-bond acceptors (Lipinski definition) is 0. The van der Waals surface area contributed by atoms with Crippen molar-refractivity contribution in [3.63, 3.8) is 0 Å². The molecule has 0 fully saturated rings. The van der Waals surface area contributed by atoms with Gasteiger partial charge in [0, 0.05) is 22.3 Å². The van der Waals surface area contributed by atoms with Crippen molar-refractivity contribution in [2.24, 2.45) is 0 Å². The first-order valence-corrected chi connectivity index (χ1v) is 18.8. The summed E-state index contributed by atoms with van der Waals surface area (Å²) in [7, 11) is 0. The lowest BCUT2D eigenvalue weighted by molar-refractivity contribution is -0.345. The molecule has 0 aliphatic carbocycles. The fourth-order valence-electron chi connectivity index (χ4n) is 6.83. The average molecular weight is 597 g/mol. The average Bonchev–Trinajstić information content (AvgIpc) is 3.32. The van der Waals surface area contributed by atoms with Crippen molar-refractivity contribution in [2.75, 3.05) is 0 Å². The third kappa shape index (κ3) is 11.5. The lowest BCUT2D eigenvalue weighted by atomic mass is 9.90. The Kier molecular flexibility index (Phi) is 17.4. The number of unbranched alkanes of at least 4 members (excludes halogenated alkanes) is 14. The third-order valence-corrected chi connectivity index (χ3v) is 9.46. The molecular formula is C42H64N2. The molecule has 0 radical (unpaired) electrons. The summed E-state index contributed by atoms with van der Waals surface area (Å²) >= 11 is 0. The van der Waals surface area contributed by atoms with E-state index in [0.29, 0.717) is 0 Å². The summed E-state index contributed by atoms with van der Waals surface area (Å²) in [5, 5.41) is 0. The first-order valence-electron chi connectivity index (χ1n) is 18.8. The summed E-state index contributed by atoms with van der Waals surface area (Å²) in [6.07, 6.45) is 27.4. The van der Waals surface area contributed by atoms with Crippen molar-refractivity contribution in [3.05, 3.63) is 87.5 Å². The third-order valence-electron chi connectivity index (χ3n) is 9.46. The fourth-order valence-corrected chi connectivity index (χ4v) is 6.83. The Morgan fingerprint density at radius 2 is 0.795 bits per heavy atom. The smallest absolute Gasteiger partial charge is 0.211 e. The van der Waals surface area contributed by atoms with Crippen LogP contribution >= 0.6 is 0 Å². The molecule has 2 aromatic rings. The van der Waals surface area contributed by atoms with E-state index in [1.54, 1.807) is 4.70 Å².